The lowest BCUT2D eigenvalue weighted by Crippen LogP contribution is -2.31. The highest BCUT2D eigenvalue weighted by Gasteiger charge is 2.12. The Morgan fingerprint density at radius 1 is 1.24 bits per heavy atom. The van der Waals surface area contributed by atoms with Crippen LogP contribution in [0.3, 0.4) is 0 Å². The largest absolute Gasteiger partial charge is 0.484 e. The molecule has 0 fully saturated rings. The molecule has 0 aliphatic rings. The Kier molecular flexibility index (Phi) is 5.06. The summed E-state index contributed by atoms with van der Waals surface area (Å²) in [6.45, 7) is 0.376. The van der Waals surface area contributed by atoms with Crippen molar-refractivity contribution in [1.29, 1.82) is 0 Å². The number of hydrogen-bond acceptors (Lipinski definition) is 3. The summed E-state index contributed by atoms with van der Waals surface area (Å²) in [7, 11) is 1.70. The van der Waals surface area contributed by atoms with E-state index >= 15 is 0 Å². The number of nitrogens with zero attached hydrogens (tertiary/aromatic N) is 1. The van der Waals surface area contributed by atoms with E-state index in [0.717, 1.165) is 5.56 Å². The van der Waals surface area contributed by atoms with Crippen molar-refractivity contribution in [3.63, 3.8) is 0 Å². The lowest BCUT2D eigenvalue weighted by atomic mass is 10.2. The van der Waals surface area contributed by atoms with Crippen molar-refractivity contribution in [1.82, 2.24) is 4.90 Å². The van der Waals surface area contributed by atoms with E-state index in [1.54, 1.807) is 30.1 Å². The molecule has 0 aliphatic heterocycles. The molecule has 0 bridgehead atoms. The van der Waals surface area contributed by atoms with Crippen LogP contribution in [0.1, 0.15) is 5.56 Å². The number of carbonyl (C=O) groups is 1. The zero-order valence-electron chi connectivity index (χ0n) is 11.8. The molecular weight excluding hydrogens is 288 g/mol. The maximum atomic E-state index is 12.0. The first-order valence-electron chi connectivity index (χ1n) is 6.52. The maximum Gasteiger partial charge on any atom is 0.260 e. The Hall–Kier alpha value is -2.20. The minimum absolute atomic E-state index is 0.0134. The summed E-state index contributed by atoms with van der Waals surface area (Å²) < 4.78 is 5.43. The van der Waals surface area contributed by atoms with Gasteiger partial charge in [0.15, 0.2) is 6.61 Å². The molecule has 0 aliphatic carbocycles. The summed E-state index contributed by atoms with van der Waals surface area (Å²) in [6, 6.07) is 14.4. The average molecular weight is 305 g/mol. The van der Waals surface area contributed by atoms with Crippen LogP contribution in [0.15, 0.2) is 48.5 Å². The van der Waals surface area contributed by atoms with Gasteiger partial charge >= 0.3 is 0 Å². The monoisotopic (exact) mass is 304 g/mol. The standard InChI is InChI=1S/C16H17ClN2O2/c1-19(10-12-9-13(18)7-8-15(12)17)16(20)11-21-14-5-3-2-4-6-14/h2-9H,10-11,18H2,1H3. The zero-order chi connectivity index (χ0) is 15.2. The molecule has 0 heterocycles. The van der Waals surface area contributed by atoms with Crippen LogP contribution in [0.25, 0.3) is 0 Å². The zero-order valence-corrected chi connectivity index (χ0v) is 12.5. The second-order valence-electron chi connectivity index (χ2n) is 4.70. The Balaban J connectivity index is 1.92. The van der Waals surface area contributed by atoms with Crippen LogP contribution in [0.4, 0.5) is 5.69 Å². The van der Waals surface area contributed by atoms with Crippen LogP contribution in [-0.4, -0.2) is 24.5 Å². The van der Waals surface area contributed by atoms with Gasteiger partial charge < -0.3 is 15.4 Å². The summed E-state index contributed by atoms with van der Waals surface area (Å²) in [5.74, 6) is 0.540. The number of para-hydroxylation sites is 1. The molecule has 0 saturated carbocycles. The van der Waals surface area contributed by atoms with E-state index in [1.165, 1.54) is 0 Å². The first-order valence-corrected chi connectivity index (χ1v) is 6.90. The topological polar surface area (TPSA) is 55.6 Å². The Labute approximate surface area is 129 Å². The van der Waals surface area contributed by atoms with E-state index in [0.29, 0.717) is 23.0 Å². The van der Waals surface area contributed by atoms with Crippen LogP contribution >= 0.6 is 11.6 Å². The minimum atomic E-state index is -0.127. The summed E-state index contributed by atoms with van der Waals surface area (Å²) in [5.41, 5.74) is 7.16. The van der Waals surface area contributed by atoms with Crippen molar-refractivity contribution in [3.05, 3.63) is 59.1 Å². The molecule has 2 aromatic carbocycles. The smallest absolute Gasteiger partial charge is 0.260 e. The molecule has 0 radical (unpaired) electrons. The fraction of sp³-hybridized carbons (Fsp3) is 0.188. The van der Waals surface area contributed by atoms with E-state index in [9.17, 15) is 4.79 Å². The van der Waals surface area contributed by atoms with Crippen LogP contribution in [0.5, 0.6) is 5.75 Å². The highest BCUT2D eigenvalue weighted by molar-refractivity contribution is 6.31. The van der Waals surface area contributed by atoms with Gasteiger partial charge in [-0.3, -0.25) is 4.79 Å². The molecule has 0 spiro atoms. The van der Waals surface area contributed by atoms with Crippen molar-refractivity contribution >= 4 is 23.2 Å². The Morgan fingerprint density at radius 2 is 1.95 bits per heavy atom. The van der Waals surface area contributed by atoms with Crippen molar-refractivity contribution < 1.29 is 9.53 Å². The molecule has 0 aromatic heterocycles. The van der Waals surface area contributed by atoms with Crippen LogP contribution in [0.2, 0.25) is 5.02 Å². The summed E-state index contributed by atoms with van der Waals surface area (Å²) in [5, 5.41) is 0.591. The maximum absolute atomic E-state index is 12.0. The molecule has 0 atom stereocenters. The van der Waals surface area contributed by atoms with Gasteiger partial charge in [-0.25, -0.2) is 0 Å². The number of carbonyl (C=O) groups excluding carboxylic acids is 1. The van der Waals surface area contributed by atoms with E-state index in [-0.39, 0.29) is 12.5 Å². The van der Waals surface area contributed by atoms with Crippen LogP contribution in [-0.2, 0) is 11.3 Å². The number of nitrogens with two attached hydrogens (primary N) is 1. The lowest BCUT2D eigenvalue weighted by Gasteiger charge is -2.18. The average Bonchev–Trinajstić information content (AvgIpc) is 2.49. The van der Waals surface area contributed by atoms with Gasteiger partial charge in [-0.1, -0.05) is 29.8 Å². The van der Waals surface area contributed by atoms with E-state index in [4.69, 9.17) is 22.1 Å². The molecule has 2 N–H and O–H groups in total. The molecule has 21 heavy (non-hydrogen) atoms. The van der Waals surface area contributed by atoms with Gasteiger partial charge in [0.2, 0.25) is 0 Å². The van der Waals surface area contributed by atoms with Crippen molar-refractivity contribution in [3.8, 4) is 5.75 Å². The normalized spacial score (nSPS) is 10.2. The van der Waals surface area contributed by atoms with E-state index < -0.39 is 0 Å². The predicted molar refractivity (Wildman–Crippen MR) is 84.3 cm³/mol. The first-order chi connectivity index (χ1) is 10.1. The van der Waals surface area contributed by atoms with Gasteiger partial charge in [0.25, 0.3) is 5.91 Å². The number of benzene rings is 2. The van der Waals surface area contributed by atoms with E-state index in [2.05, 4.69) is 0 Å². The fourth-order valence-electron chi connectivity index (χ4n) is 1.83. The molecule has 5 heteroatoms. The number of hydrogen-bond donors (Lipinski definition) is 1. The lowest BCUT2D eigenvalue weighted by molar-refractivity contribution is -0.132. The quantitative estimate of drug-likeness (QED) is 0.864. The van der Waals surface area contributed by atoms with Gasteiger partial charge in [-0.15, -0.1) is 0 Å². The summed E-state index contributed by atoms with van der Waals surface area (Å²) in [4.78, 5) is 13.6. The van der Waals surface area contributed by atoms with Crippen LogP contribution in [0, 0.1) is 0 Å². The second kappa shape index (κ2) is 6.99. The third kappa shape index (κ3) is 4.39. The molecule has 4 nitrogen and oxygen atoms in total. The van der Waals surface area contributed by atoms with Gasteiger partial charge in [-0.2, -0.15) is 0 Å². The molecule has 0 saturated heterocycles. The van der Waals surface area contributed by atoms with Gasteiger partial charge in [-0.05, 0) is 35.9 Å². The van der Waals surface area contributed by atoms with E-state index in [1.807, 2.05) is 30.3 Å². The highest BCUT2D eigenvalue weighted by atomic mass is 35.5. The third-order valence-electron chi connectivity index (χ3n) is 3.01. The third-order valence-corrected chi connectivity index (χ3v) is 3.38. The first kappa shape index (κ1) is 15.2. The van der Waals surface area contributed by atoms with Gasteiger partial charge in [0, 0.05) is 24.3 Å². The molecular formula is C16H17ClN2O2. The Bertz CT molecular complexity index is 617. The number of likely N-dealkylation sites (N-methyl/N-ethyl adjacent to an activating group) is 1. The Morgan fingerprint density at radius 3 is 2.67 bits per heavy atom. The van der Waals surface area contributed by atoms with Gasteiger partial charge in [0.1, 0.15) is 5.75 Å². The number of ether oxygens (including phenoxy) is 1. The molecule has 0 unspecified atom stereocenters. The second-order valence-corrected chi connectivity index (χ2v) is 5.11. The van der Waals surface area contributed by atoms with Crippen molar-refractivity contribution in [2.24, 2.45) is 0 Å². The summed E-state index contributed by atoms with van der Waals surface area (Å²) >= 11 is 6.09. The number of anilines is 1. The predicted octanol–water partition coefficient (Wildman–Crippen LogP) is 2.96. The number of rotatable bonds is 5. The van der Waals surface area contributed by atoms with Crippen molar-refractivity contribution in [2.45, 2.75) is 6.54 Å². The number of halogens is 1. The molecule has 2 rings (SSSR count). The number of amides is 1. The fourth-order valence-corrected chi connectivity index (χ4v) is 2.01. The van der Waals surface area contributed by atoms with Crippen molar-refractivity contribution in [2.75, 3.05) is 19.4 Å². The van der Waals surface area contributed by atoms with Gasteiger partial charge in [0.05, 0.1) is 0 Å². The minimum Gasteiger partial charge on any atom is -0.484 e. The highest BCUT2D eigenvalue weighted by Crippen LogP contribution is 2.20. The molecule has 110 valence electrons. The molecule has 2 aromatic rings. The van der Waals surface area contributed by atoms with Crippen LogP contribution < -0.4 is 10.5 Å². The SMILES string of the molecule is CN(Cc1cc(N)ccc1Cl)C(=O)COc1ccccc1. The number of nitrogen functional groups attached to an aromatic ring is 1. The molecule has 1 amide bonds. The summed E-state index contributed by atoms with van der Waals surface area (Å²) in [6.07, 6.45) is 0.